The molecule has 2 aromatic carbocycles. The number of hydrogen-bond donors (Lipinski definition) is 4. The standard InChI is InChI=1S/C41H52N4O4/c1-5-38(23-39-21-24(39)22-40(47,6-2)45(39)17-14-26-25-11-8-9-13-30(25)42-35(26)38)29-19-28-31(20-32(29)49-7-3)43-36-33(46)34(48-4)27-12-10-16-44-18-15-41(28,36)37(27)44/h8-13,19-20,24,27,33-34,36-37,42-43,46-47H,5-7,14-18,21-23H2,1-4H3/t24?,27?,33?,34?,36-,37?,38+,39?,40?,41-/m0/s1. The van der Waals surface area contributed by atoms with Gasteiger partial charge in [-0.15, -0.1) is 0 Å². The summed E-state index contributed by atoms with van der Waals surface area (Å²) < 4.78 is 12.8. The lowest BCUT2D eigenvalue weighted by atomic mass is 9.58. The zero-order valence-electron chi connectivity index (χ0n) is 29.5. The number of ether oxygens (including phenoxy) is 2. The van der Waals surface area contributed by atoms with Crippen LogP contribution in [0.1, 0.15) is 81.7 Å². The number of anilines is 1. The summed E-state index contributed by atoms with van der Waals surface area (Å²) in [4.78, 5) is 9.22. The number of nitrogens with zero attached hydrogens (tertiary/aromatic N) is 2. The molecule has 4 fully saturated rings. The van der Waals surface area contributed by atoms with Gasteiger partial charge >= 0.3 is 0 Å². The molecule has 0 amide bonds. The molecular weight excluding hydrogens is 612 g/mol. The molecule has 7 aliphatic rings. The number of para-hydroxylation sites is 1. The van der Waals surface area contributed by atoms with Gasteiger partial charge in [-0.25, -0.2) is 0 Å². The maximum absolute atomic E-state index is 12.1. The van der Waals surface area contributed by atoms with E-state index in [1.54, 1.807) is 7.11 Å². The van der Waals surface area contributed by atoms with Crippen LogP contribution in [0.2, 0.25) is 0 Å². The number of aliphatic hydroxyl groups is 2. The van der Waals surface area contributed by atoms with Crippen LogP contribution < -0.4 is 10.1 Å². The third-order valence-corrected chi connectivity index (χ3v) is 14.9. The Morgan fingerprint density at radius 1 is 1.04 bits per heavy atom. The quantitative estimate of drug-likeness (QED) is 0.261. The van der Waals surface area contributed by atoms with Crippen molar-refractivity contribution in [1.82, 2.24) is 14.8 Å². The van der Waals surface area contributed by atoms with Crippen LogP contribution in [0.5, 0.6) is 5.75 Å². The van der Waals surface area contributed by atoms with Gasteiger partial charge in [-0.05, 0) is 87.6 Å². The fourth-order valence-corrected chi connectivity index (χ4v) is 12.8. The van der Waals surface area contributed by atoms with Crippen LogP contribution in [0.15, 0.2) is 48.6 Å². The monoisotopic (exact) mass is 664 g/mol. The van der Waals surface area contributed by atoms with Crippen molar-refractivity contribution in [1.29, 1.82) is 0 Å². The van der Waals surface area contributed by atoms with Gasteiger partial charge in [-0.3, -0.25) is 9.80 Å². The van der Waals surface area contributed by atoms with Gasteiger partial charge in [0, 0.05) is 82.4 Å². The minimum absolute atomic E-state index is 0.0343. The molecule has 7 unspecified atom stereocenters. The molecule has 49 heavy (non-hydrogen) atoms. The van der Waals surface area contributed by atoms with Crippen LogP contribution in [0, 0.1) is 11.8 Å². The number of hydrogen-bond acceptors (Lipinski definition) is 7. The third kappa shape index (κ3) is 3.72. The maximum atomic E-state index is 12.1. The van der Waals surface area contributed by atoms with Crippen molar-refractivity contribution in [3.8, 4) is 5.75 Å². The second-order valence-corrected chi connectivity index (χ2v) is 16.5. The van der Waals surface area contributed by atoms with Crippen LogP contribution in [0.4, 0.5) is 5.69 Å². The van der Waals surface area contributed by atoms with Crippen molar-refractivity contribution < 1.29 is 19.7 Å². The summed E-state index contributed by atoms with van der Waals surface area (Å²) in [5.74, 6) is 1.57. The Morgan fingerprint density at radius 3 is 2.69 bits per heavy atom. The van der Waals surface area contributed by atoms with Gasteiger partial charge in [0.2, 0.25) is 0 Å². The number of aromatic nitrogens is 1. The van der Waals surface area contributed by atoms with E-state index >= 15 is 0 Å². The van der Waals surface area contributed by atoms with Gasteiger partial charge in [-0.2, -0.15) is 0 Å². The molecule has 3 aromatic rings. The van der Waals surface area contributed by atoms with Crippen molar-refractivity contribution in [2.24, 2.45) is 11.8 Å². The highest BCUT2D eigenvalue weighted by molar-refractivity contribution is 5.86. The number of aromatic amines is 1. The highest BCUT2D eigenvalue weighted by Crippen LogP contribution is 2.68. The fourth-order valence-electron chi connectivity index (χ4n) is 12.8. The first-order chi connectivity index (χ1) is 23.8. The largest absolute Gasteiger partial charge is 0.493 e. The Balaban J connectivity index is 1.22. The van der Waals surface area contributed by atoms with Crippen LogP contribution in [-0.2, 0) is 22.0 Å². The zero-order valence-corrected chi connectivity index (χ0v) is 29.5. The molecule has 260 valence electrons. The van der Waals surface area contributed by atoms with E-state index < -0.39 is 11.8 Å². The maximum Gasteiger partial charge on any atom is 0.125 e. The van der Waals surface area contributed by atoms with E-state index in [0.717, 1.165) is 76.0 Å². The first-order valence-corrected chi connectivity index (χ1v) is 19.1. The minimum atomic E-state index is -0.754. The van der Waals surface area contributed by atoms with E-state index in [1.165, 1.54) is 33.3 Å². The highest BCUT2D eigenvalue weighted by atomic mass is 16.5. The number of aliphatic hydroxyl groups excluding tert-OH is 1. The Morgan fingerprint density at radius 2 is 1.90 bits per heavy atom. The Bertz CT molecular complexity index is 1870. The number of benzene rings is 2. The highest BCUT2D eigenvalue weighted by Gasteiger charge is 2.72. The Labute approximate surface area is 289 Å². The number of nitrogens with one attached hydrogen (secondary N) is 2. The fraction of sp³-hybridized carbons (Fsp3) is 0.610. The van der Waals surface area contributed by atoms with Gasteiger partial charge in [0.1, 0.15) is 17.6 Å². The van der Waals surface area contributed by atoms with Crippen molar-refractivity contribution in [2.45, 2.75) is 112 Å². The van der Waals surface area contributed by atoms with E-state index in [1.807, 2.05) is 0 Å². The van der Waals surface area contributed by atoms with Crippen molar-refractivity contribution in [3.05, 3.63) is 70.9 Å². The van der Waals surface area contributed by atoms with Gasteiger partial charge in [0.25, 0.3) is 0 Å². The predicted octanol–water partition coefficient (Wildman–Crippen LogP) is 5.45. The summed E-state index contributed by atoms with van der Waals surface area (Å²) in [6.45, 7) is 10.0. The zero-order chi connectivity index (χ0) is 33.5. The first-order valence-electron chi connectivity index (χ1n) is 19.1. The van der Waals surface area contributed by atoms with Crippen LogP contribution in [0.3, 0.4) is 0 Å². The molecule has 5 aliphatic heterocycles. The van der Waals surface area contributed by atoms with E-state index in [0.29, 0.717) is 12.5 Å². The molecule has 2 aliphatic carbocycles. The average Bonchev–Trinajstić information content (AvgIpc) is 3.41. The van der Waals surface area contributed by atoms with E-state index in [-0.39, 0.29) is 40.5 Å². The summed E-state index contributed by atoms with van der Waals surface area (Å²) in [7, 11) is 1.75. The summed E-state index contributed by atoms with van der Waals surface area (Å²) in [6.07, 6.45) is 10.2. The minimum Gasteiger partial charge on any atom is -0.493 e. The second-order valence-electron chi connectivity index (χ2n) is 16.5. The molecule has 8 heteroatoms. The van der Waals surface area contributed by atoms with Crippen molar-refractivity contribution in [2.75, 3.05) is 38.7 Å². The van der Waals surface area contributed by atoms with Crippen molar-refractivity contribution >= 4 is 16.6 Å². The predicted molar refractivity (Wildman–Crippen MR) is 191 cm³/mol. The van der Waals surface area contributed by atoms with Gasteiger partial charge < -0.3 is 30.0 Å². The lowest BCUT2D eigenvalue weighted by Gasteiger charge is -2.53. The van der Waals surface area contributed by atoms with Gasteiger partial charge in [0.15, 0.2) is 0 Å². The summed E-state index contributed by atoms with van der Waals surface area (Å²) in [5.41, 5.74) is 6.22. The van der Waals surface area contributed by atoms with Crippen LogP contribution in [-0.4, -0.2) is 93.9 Å². The molecule has 8 nitrogen and oxygen atoms in total. The number of H-pyrrole nitrogens is 1. The van der Waals surface area contributed by atoms with Crippen LogP contribution >= 0.6 is 0 Å². The molecule has 10 atom stereocenters. The average molecular weight is 665 g/mol. The van der Waals surface area contributed by atoms with Gasteiger partial charge in [0.05, 0.1) is 18.8 Å². The Hall–Kier alpha value is -2.88. The number of piperidine rings is 1. The lowest BCUT2D eigenvalue weighted by molar-refractivity contribution is -0.120. The van der Waals surface area contributed by atoms with E-state index in [2.05, 4.69) is 89.4 Å². The third-order valence-electron chi connectivity index (χ3n) is 14.9. The molecule has 2 spiro atoms. The first kappa shape index (κ1) is 30.9. The molecule has 2 saturated carbocycles. The second kappa shape index (κ2) is 10.3. The molecule has 0 radical (unpaired) electrons. The SMILES string of the molecule is CCOc1cc2c(cc1[C@@]1(CC)CC34CC3CC(O)(CC)N4CCc3c1[nH]c1ccccc31)[C@@]13CCN4CC=CC(C(OC)C(O)[C@@H]1N2)C43. The lowest BCUT2D eigenvalue weighted by Crippen LogP contribution is -2.68. The molecule has 1 aromatic heterocycles. The number of methoxy groups -OCH3 is 1. The molecule has 2 saturated heterocycles. The van der Waals surface area contributed by atoms with Gasteiger partial charge in [-0.1, -0.05) is 44.2 Å². The molecule has 0 bridgehead atoms. The van der Waals surface area contributed by atoms with Crippen LogP contribution in [0.25, 0.3) is 10.9 Å². The normalized spacial score (nSPS) is 41.6. The number of fused-ring (bicyclic) bond motifs is 4. The van der Waals surface area contributed by atoms with E-state index in [4.69, 9.17) is 9.47 Å². The summed E-state index contributed by atoms with van der Waals surface area (Å²) >= 11 is 0. The smallest absolute Gasteiger partial charge is 0.125 e. The molecular formula is C41H52N4O4. The molecule has 4 N–H and O–H groups in total. The molecule has 6 heterocycles. The molecule has 10 rings (SSSR count). The van der Waals surface area contributed by atoms with E-state index in [9.17, 15) is 10.2 Å². The summed E-state index contributed by atoms with van der Waals surface area (Å²) in [5, 5.41) is 29.3. The topological polar surface area (TPSA) is 93.2 Å². The summed E-state index contributed by atoms with van der Waals surface area (Å²) in [6, 6.07) is 13.7. The number of rotatable bonds is 6. The Kier molecular flexibility index (Phi) is 6.53. The van der Waals surface area contributed by atoms with Crippen molar-refractivity contribution in [3.63, 3.8) is 0 Å².